The van der Waals surface area contributed by atoms with E-state index in [0.717, 1.165) is 6.42 Å². The largest absolute Gasteiger partial charge is 0.586 e. The molecule has 0 bridgehead atoms. The molecule has 0 radical (unpaired) electrons. The van der Waals surface area contributed by atoms with Gasteiger partial charge in [-0.2, -0.15) is 0 Å². The average Bonchev–Trinajstić information content (AvgIpc) is 2.79. The molecule has 7 nitrogen and oxygen atoms in total. The minimum atomic E-state index is -3.71. The molecule has 25 heavy (non-hydrogen) atoms. The number of anilines is 1. The quantitative estimate of drug-likeness (QED) is 0.875. The van der Waals surface area contributed by atoms with Gasteiger partial charge in [0.2, 0.25) is 0 Å². The molecule has 0 aliphatic carbocycles. The van der Waals surface area contributed by atoms with Crippen molar-refractivity contribution in [1.29, 1.82) is 0 Å². The number of sulfone groups is 1. The summed E-state index contributed by atoms with van der Waals surface area (Å²) in [6.07, 6.45) is -1.08. The van der Waals surface area contributed by atoms with E-state index in [1.54, 1.807) is 0 Å². The molecule has 1 saturated heterocycles. The first kappa shape index (κ1) is 17.7. The van der Waals surface area contributed by atoms with E-state index in [0.29, 0.717) is 19.5 Å². The smallest absolute Gasteiger partial charge is 0.395 e. The van der Waals surface area contributed by atoms with Gasteiger partial charge in [-0.15, -0.1) is 8.78 Å². The Bertz CT molecular complexity index is 784. The number of nitrogens with one attached hydrogen (secondary N) is 1. The number of nitrogens with zero attached hydrogens (tertiary/aromatic N) is 1. The Morgan fingerprint density at radius 1 is 1.36 bits per heavy atom. The van der Waals surface area contributed by atoms with Crippen LogP contribution in [0.15, 0.2) is 18.2 Å². The van der Waals surface area contributed by atoms with Gasteiger partial charge in [0.25, 0.3) is 0 Å². The molecule has 1 aromatic rings. The fraction of sp³-hybridized carbons (Fsp3) is 0.533. The number of likely N-dealkylation sites (tertiary alicyclic amines) is 1. The van der Waals surface area contributed by atoms with Crippen LogP contribution in [0.5, 0.6) is 11.5 Å². The first-order valence-corrected chi connectivity index (χ1v) is 9.81. The molecule has 2 heterocycles. The SMILES string of the molecule is CS(=O)(=O)CC1CCCN(C(=O)Nc2ccc3c(c2)OC(F)(F)O3)C1. The van der Waals surface area contributed by atoms with Gasteiger partial charge in [-0.25, -0.2) is 13.2 Å². The highest BCUT2D eigenvalue weighted by Gasteiger charge is 2.43. The maximum Gasteiger partial charge on any atom is 0.586 e. The van der Waals surface area contributed by atoms with Crippen molar-refractivity contribution >= 4 is 21.6 Å². The Morgan fingerprint density at radius 2 is 2.08 bits per heavy atom. The fourth-order valence-electron chi connectivity index (χ4n) is 3.04. The fourth-order valence-corrected chi connectivity index (χ4v) is 4.17. The Kier molecular flexibility index (Phi) is 4.48. The van der Waals surface area contributed by atoms with E-state index in [-0.39, 0.29) is 28.9 Å². The lowest BCUT2D eigenvalue weighted by molar-refractivity contribution is -0.286. The zero-order valence-corrected chi connectivity index (χ0v) is 14.3. The summed E-state index contributed by atoms with van der Waals surface area (Å²) in [6, 6.07) is 3.56. The number of hydrogen-bond donors (Lipinski definition) is 1. The Balaban J connectivity index is 1.63. The number of alkyl halides is 2. The number of hydrogen-bond acceptors (Lipinski definition) is 5. The number of carbonyl (C=O) groups is 1. The predicted molar refractivity (Wildman–Crippen MR) is 85.7 cm³/mol. The second-order valence-electron chi connectivity index (χ2n) is 6.31. The molecule has 1 atom stereocenters. The maximum atomic E-state index is 13.0. The molecule has 138 valence electrons. The van der Waals surface area contributed by atoms with Gasteiger partial charge in [0.1, 0.15) is 9.84 Å². The number of piperidine rings is 1. The Morgan fingerprint density at radius 3 is 2.80 bits per heavy atom. The summed E-state index contributed by atoms with van der Waals surface area (Å²) in [5, 5.41) is 2.61. The molecule has 0 aromatic heterocycles. The van der Waals surface area contributed by atoms with Crippen LogP contribution in [0.4, 0.5) is 19.3 Å². The summed E-state index contributed by atoms with van der Waals surface area (Å²) in [6.45, 7) is 0.843. The van der Waals surface area contributed by atoms with E-state index < -0.39 is 22.2 Å². The average molecular weight is 376 g/mol. The summed E-state index contributed by atoms with van der Waals surface area (Å²) >= 11 is 0. The normalized spacial score (nSPS) is 21.9. The summed E-state index contributed by atoms with van der Waals surface area (Å²) in [4.78, 5) is 13.9. The van der Waals surface area contributed by atoms with Crippen molar-refractivity contribution in [2.45, 2.75) is 19.1 Å². The van der Waals surface area contributed by atoms with E-state index in [1.807, 2.05) is 0 Å². The highest BCUT2D eigenvalue weighted by Crippen LogP contribution is 2.42. The topological polar surface area (TPSA) is 84.9 Å². The van der Waals surface area contributed by atoms with Crippen molar-refractivity contribution in [3.63, 3.8) is 0 Å². The Labute approximate surface area is 143 Å². The lowest BCUT2D eigenvalue weighted by atomic mass is 10.0. The van der Waals surface area contributed by atoms with Gasteiger partial charge in [0.15, 0.2) is 11.5 Å². The summed E-state index contributed by atoms with van der Waals surface area (Å²) in [5.74, 6) is -0.328. The van der Waals surface area contributed by atoms with E-state index >= 15 is 0 Å². The minimum absolute atomic E-state index is 0.0376. The second-order valence-corrected chi connectivity index (χ2v) is 8.49. The maximum absolute atomic E-state index is 13.0. The first-order valence-electron chi connectivity index (χ1n) is 7.75. The molecule has 1 N–H and O–H groups in total. The van der Waals surface area contributed by atoms with Crippen molar-refractivity contribution in [2.24, 2.45) is 5.92 Å². The molecular weight excluding hydrogens is 358 g/mol. The van der Waals surface area contributed by atoms with Crippen LogP contribution in [0.3, 0.4) is 0 Å². The number of carbonyl (C=O) groups excluding carboxylic acids is 1. The molecule has 3 rings (SSSR count). The van der Waals surface area contributed by atoms with E-state index in [2.05, 4.69) is 14.8 Å². The molecule has 0 spiro atoms. The van der Waals surface area contributed by atoms with Crippen LogP contribution in [0.1, 0.15) is 12.8 Å². The van der Waals surface area contributed by atoms with Gasteiger partial charge in [0, 0.05) is 31.1 Å². The Hall–Kier alpha value is -2.10. The third kappa shape index (κ3) is 4.50. The van der Waals surface area contributed by atoms with Crippen molar-refractivity contribution < 1.29 is 31.5 Å². The zero-order valence-electron chi connectivity index (χ0n) is 13.5. The number of rotatable bonds is 3. The molecule has 1 aromatic carbocycles. The highest BCUT2D eigenvalue weighted by molar-refractivity contribution is 7.90. The molecule has 1 fully saturated rings. The third-order valence-electron chi connectivity index (χ3n) is 4.00. The predicted octanol–water partition coefficient (Wildman–Crippen LogP) is 2.30. The van der Waals surface area contributed by atoms with E-state index in [9.17, 15) is 22.0 Å². The van der Waals surface area contributed by atoms with Crippen LogP contribution >= 0.6 is 0 Å². The van der Waals surface area contributed by atoms with Crippen LogP contribution in [0, 0.1) is 5.92 Å². The van der Waals surface area contributed by atoms with Crippen molar-refractivity contribution in [1.82, 2.24) is 4.90 Å². The first-order chi connectivity index (χ1) is 11.6. The van der Waals surface area contributed by atoms with Crippen LogP contribution in [0.2, 0.25) is 0 Å². The lowest BCUT2D eigenvalue weighted by Gasteiger charge is -2.32. The van der Waals surface area contributed by atoms with Crippen LogP contribution in [0.25, 0.3) is 0 Å². The van der Waals surface area contributed by atoms with Crippen molar-refractivity contribution in [3.8, 4) is 11.5 Å². The number of amides is 2. The van der Waals surface area contributed by atoms with Gasteiger partial charge in [-0.1, -0.05) is 0 Å². The number of halogens is 2. The molecule has 2 aliphatic rings. The molecule has 2 amide bonds. The number of urea groups is 1. The molecule has 1 unspecified atom stereocenters. The van der Waals surface area contributed by atoms with Gasteiger partial charge >= 0.3 is 12.3 Å². The zero-order chi connectivity index (χ0) is 18.2. The molecule has 10 heteroatoms. The molecule has 2 aliphatic heterocycles. The monoisotopic (exact) mass is 376 g/mol. The summed E-state index contributed by atoms with van der Waals surface area (Å²) in [7, 11) is -3.11. The lowest BCUT2D eigenvalue weighted by Crippen LogP contribution is -2.43. The van der Waals surface area contributed by atoms with Crippen LogP contribution < -0.4 is 14.8 Å². The van der Waals surface area contributed by atoms with Crippen LogP contribution in [-0.4, -0.2) is 50.7 Å². The van der Waals surface area contributed by atoms with Gasteiger partial charge < -0.3 is 19.7 Å². The second kappa shape index (κ2) is 6.32. The standard InChI is InChI=1S/C15H18F2N2O5S/c1-25(21,22)9-10-3-2-6-19(8-10)14(20)18-11-4-5-12-13(7-11)24-15(16,17)23-12/h4-5,7,10H,2-3,6,8-9H2,1H3,(H,18,20). The van der Waals surface area contributed by atoms with Crippen LogP contribution in [-0.2, 0) is 9.84 Å². The molecule has 0 saturated carbocycles. The van der Waals surface area contributed by atoms with E-state index in [1.165, 1.54) is 29.4 Å². The van der Waals surface area contributed by atoms with Gasteiger partial charge in [-0.05, 0) is 30.9 Å². The summed E-state index contributed by atoms with van der Waals surface area (Å²) in [5.41, 5.74) is 0.287. The number of fused-ring (bicyclic) bond motifs is 1. The van der Waals surface area contributed by atoms with Crippen molar-refractivity contribution in [2.75, 3.05) is 30.4 Å². The van der Waals surface area contributed by atoms with E-state index in [4.69, 9.17) is 0 Å². The number of benzene rings is 1. The third-order valence-corrected chi connectivity index (χ3v) is 5.07. The van der Waals surface area contributed by atoms with Crippen molar-refractivity contribution in [3.05, 3.63) is 18.2 Å². The van der Waals surface area contributed by atoms with Gasteiger partial charge in [0.05, 0.1) is 5.75 Å². The minimum Gasteiger partial charge on any atom is -0.395 e. The highest BCUT2D eigenvalue weighted by atomic mass is 32.2. The van der Waals surface area contributed by atoms with Gasteiger partial charge in [-0.3, -0.25) is 0 Å². The summed E-state index contributed by atoms with van der Waals surface area (Å²) < 4.78 is 57.5. The number of ether oxygens (including phenoxy) is 2. The molecular formula is C15H18F2N2O5S.